The van der Waals surface area contributed by atoms with Crippen LogP contribution in [0, 0.1) is 0 Å². The lowest BCUT2D eigenvalue weighted by atomic mass is 10.0. The number of aliphatic carboxylic acids is 5. The van der Waals surface area contributed by atoms with E-state index in [4.69, 9.17) is 14.9 Å². The first-order valence-corrected chi connectivity index (χ1v) is 10.8. The Labute approximate surface area is 206 Å². The summed E-state index contributed by atoms with van der Waals surface area (Å²) in [6, 6.07) is 6.03. The van der Waals surface area contributed by atoms with Crippen molar-refractivity contribution in [3.63, 3.8) is 0 Å². The van der Waals surface area contributed by atoms with Crippen LogP contribution < -0.4 is 4.74 Å². The predicted octanol–water partition coefficient (Wildman–Crippen LogP) is -1.06. The maximum Gasteiger partial charge on any atom is 0.317 e. The summed E-state index contributed by atoms with van der Waals surface area (Å²) >= 11 is 0. The van der Waals surface area contributed by atoms with Gasteiger partial charge in [-0.15, -0.1) is 0 Å². The summed E-state index contributed by atoms with van der Waals surface area (Å²) in [7, 11) is 1.49. The highest BCUT2D eigenvalue weighted by Gasteiger charge is 2.27. The van der Waals surface area contributed by atoms with Crippen LogP contribution in [0.5, 0.6) is 5.75 Å². The third kappa shape index (κ3) is 12.6. The van der Waals surface area contributed by atoms with Crippen molar-refractivity contribution in [3.05, 3.63) is 29.8 Å². The van der Waals surface area contributed by atoms with E-state index in [1.807, 2.05) is 0 Å². The van der Waals surface area contributed by atoms with Gasteiger partial charge < -0.3 is 30.3 Å². The molecular formula is C22H31N3O11. The van der Waals surface area contributed by atoms with Crippen LogP contribution >= 0.6 is 0 Å². The van der Waals surface area contributed by atoms with E-state index in [0.717, 1.165) is 10.5 Å². The number of rotatable bonds is 19. The number of hydrogen-bond acceptors (Lipinski definition) is 9. The minimum atomic E-state index is -1.27. The molecule has 1 aromatic rings. The lowest BCUT2D eigenvalue weighted by Gasteiger charge is -2.34. The van der Waals surface area contributed by atoms with Gasteiger partial charge in [-0.1, -0.05) is 12.1 Å². The van der Waals surface area contributed by atoms with Crippen LogP contribution in [0.1, 0.15) is 5.56 Å². The molecule has 0 aliphatic rings. The summed E-state index contributed by atoms with van der Waals surface area (Å²) in [6.45, 7) is -3.12. The number of carbonyl (C=O) groups is 5. The van der Waals surface area contributed by atoms with Gasteiger partial charge in [0.05, 0.1) is 39.8 Å². The van der Waals surface area contributed by atoms with E-state index >= 15 is 0 Å². The third-order valence-electron chi connectivity index (χ3n) is 5.10. The Kier molecular flexibility index (Phi) is 12.9. The Hall–Kier alpha value is -3.75. The van der Waals surface area contributed by atoms with Crippen molar-refractivity contribution in [2.45, 2.75) is 12.5 Å². The fourth-order valence-corrected chi connectivity index (χ4v) is 3.61. The van der Waals surface area contributed by atoms with Crippen LogP contribution in [0.25, 0.3) is 0 Å². The summed E-state index contributed by atoms with van der Waals surface area (Å²) in [6.07, 6.45) is 0.175. The molecular weight excluding hydrogens is 482 g/mol. The summed E-state index contributed by atoms with van der Waals surface area (Å²) in [4.78, 5) is 60.2. The van der Waals surface area contributed by atoms with Gasteiger partial charge in [-0.2, -0.15) is 0 Å². The number of carboxylic acids is 5. The van der Waals surface area contributed by atoms with Crippen LogP contribution in [0.4, 0.5) is 0 Å². The van der Waals surface area contributed by atoms with E-state index in [2.05, 4.69) is 0 Å². The van der Waals surface area contributed by atoms with E-state index in [9.17, 15) is 39.3 Å². The van der Waals surface area contributed by atoms with Crippen LogP contribution in [-0.2, 0) is 30.4 Å². The van der Waals surface area contributed by atoms with E-state index in [-0.39, 0.29) is 26.1 Å². The molecule has 14 heteroatoms. The minimum absolute atomic E-state index is 0.0556. The minimum Gasteiger partial charge on any atom is -0.497 e. The van der Waals surface area contributed by atoms with Gasteiger partial charge in [0.25, 0.3) is 0 Å². The van der Waals surface area contributed by atoms with Crippen molar-refractivity contribution in [1.29, 1.82) is 0 Å². The lowest BCUT2D eigenvalue weighted by Crippen LogP contribution is -2.51. The summed E-state index contributed by atoms with van der Waals surface area (Å²) in [5, 5.41) is 46.1. The zero-order valence-electron chi connectivity index (χ0n) is 19.8. The Balaban J connectivity index is 3.20. The SMILES string of the molecule is COc1ccc(C[C@@H](CN(CCN(CC(=O)O)CC(=O)O)CC(=O)O)N(CC(=O)O)CC(=O)O)cc1. The molecule has 0 unspecified atom stereocenters. The highest BCUT2D eigenvalue weighted by atomic mass is 16.5. The van der Waals surface area contributed by atoms with Crippen molar-refractivity contribution in [3.8, 4) is 5.75 Å². The molecule has 200 valence electrons. The topological polar surface area (TPSA) is 205 Å². The molecule has 0 bridgehead atoms. The second-order valence-corrected chi connectivity index (χ2v) is 8.03. The van der Waals surface area contributed by atoms with Gasteiger partial charge in [0.2, 0.25) is 0 Å². The molecule has 0 aliphatic heterocycles. The number of carboxylic acid groups (broad SMARTS) is 5. The van der Waals surface area contributed by atoms with Crippen LogP contribution in [-0.4, -0.2) is 136 Å². The predicted molar refractivity (Wildman–Crippen MR) is 123 cm³/mol. The molecule has 1 rings (SSSR count). The van der Waals surface area contributed by atoms with Gasteiger partial charge in [-0.25, -0.2) is 0 Å². The normalized spacial score (nSPS) is 12.0. The standard InChI is InChI=1S/C22H31N3O11/c1-36-17-4-2-15(3-5-17)8-16(25(13-21(32)33)14-22(34)35)9-23(10-18(26)27)6-7-24(11-19(28)29)12-20(30)31/h2-5,16H,6-14H2,1H3,(H,26,27)(H,28,29)(H,30,31)(H,32,33)(H,34,35)/t16-/m0/s1. The Morgan fingerprint density at radius 1 is 0.694 bits per heavy atom. The molecule has 1 aromatic carbocycles. The Bertz CT molecular complexity index is 875. The molecule has 1 atom stereocenters. The first kappa shape index (κ1) is 30.3. The molecule has 0 spiro atoms. The summed E-state index contributed by atoms with van der Waals surface area (Å²) < 4.78 is 5.12. The molecule has 0 saturated heterocycles. The first-order valence-electron chi connectivity index (χ1n) is 10.8. The fourth-order valence-electron chi connectivity index (χ4n) is 3.61. The third-order valence-corrected chi connectivity index (χ3v) is 5.10. The molecule has 0 fully saturated rings. The number of hydrogen-bond donors (Lipinski definition) is 5. The average Bonchev–Trinajstić information content (AvgIpc) is 2.75. The molecule has 5 N–H and O–H groups in total. The van der Waals surface area contributed by atoms with Gasteiger partial charge in [0.15, 0.2) is 0 Å². The maximum absolute atomic E-state index is 11.5. The van der Waals surface area contributed by atoms with Crippen molar-refractivity contribution < 1.29 is 54.2 Å². The largest absolute Gasteiger partial charge is 0.497 e. The van der Waals surface area contributed by atoms with E-state index in [0.29, 0.717) is 5.75 Å². The zero-order valence-corrected chi connectivity index (χ0v) is 19.8. The van der Waals surface area contributed by atoms with Crippen LogP contribution in [0.3, 0.4) is 0 Å². The molecule has 36 heavy (non-hydrogen) atoms. The summed E-state index contributed by atoms with van der Waals surface area (Å²) in [5.74, 6) is -5.69. The highest BCUT2D eigenvalue weighted by Crippen LogP contribution is 2.16. The molecule has 0 aliphatic carbocycles. The zero-order chi connectivity index (χ0) is 27.3. The summed E-state index contributed by atoms with van der Waals surface area (Å²) in [5.41, 5.74) is 0.718. The maximum atomic E-state index is 11.5. The first-order chi connectivity index (χ1) is 16.9. The van der Waals surface area contributed by atoms with Gasteiger partial charge in [-0.3, -0.25) is 38.7 Å². The van der Waals surface area contributed by atoms with Gasteiger partial charge in [0.1, 0.15) is 5.75 Å². The van der Waals surface area contributed by atoms with Gasteiger partial charge >= 0.3 is 29.8 Å². The van der Waals surface area contributed by atoms with Crippen molar-refractivity contribution in [2.24, 2.45) is 0 Å². The molecule has 0 aromatic heterocycles. The monoisotopic (exact) mass is 513 g/mol. The Morgan fingerprint density at radius 3 is 1.53 bits per heavy atom. The van der Waals surface area contributed by atoms with E-state index in [1.165, 1.54) is 16.9 Å². The van der Waals surface area contributed by atoms with Crippen molar-refractivity contribution >= 4 is 29.8 Å². The second-order valence-electron chi connectivity index (χ2n) is 8.03. The lowest BCUT2D eigenvalue weighted by molar-refractivity contribution is -0.144. The second kappa shape index (κ2) is 15.3. The average molecular weight is 514 g/mol. The number of benzene rings is 1. The number of methoxy groups -OCH3 is 1. The quantitative estimate of drug-likeness (QED) is 0.149. The number of ether oxygens (including phenoxy) is 1. The molecule has 0 saturated carbocycles. The van der Waals surface area contributed by atoms with Crippen LogP contribution in [0.2, 0.25) is 0 Å². The Morgan fingerprint density at radius 2 is 1.11 bits per heavy atom. The van der Waals surface area contributed by atoms with E-state index in [1.54, 1.807) is 24.3 Å². The van der Waals surface area contributed by atoms with Gasteiger partial charge in [0, 0.05) is 25.7 Å². The molecule has 0 heterocycles. The smallest absolute Gasteiger partial charge is 0.317 e. The van der Waals surface area contributed by atoms with Gasteiger partial charge in [-0.05, 0) is 24.1 Å². The van der Waals surface area contributed by atoms with Crippen molar-refractivity contribution in [2.75, 3.05) is 59.5 Å². The fraction of sp³-hybridized carbons (Fsp3) is 0.500. The van der Waals surface area contributed by atoms with E-state index < -0.39 is 68.6 Å². The van der Waals surface area contributed by atoms with Crippen LogP contribution in [0.15, 0.2) is 24.3 Å². The molecule has 14 nitrogen and oxygen atoms in total. The highest BCUT2D eigenvalue weighted by molar-refractivity contribution is 5.73. The molecule has 0 amide bonds. The van der Waals surface area contributed by atoms with Crippen molar-refractivity contribution in [1.82, 2.24) is 14.7 Å². The molecule has 0 radical (unpaired) electrons. The number of nitrogens with zero attached hydrogens (tertiary/aromatic N) is 3.